The fourth-order valence-electron chi connectivity index (χ4n) is 6.40. The van der Waals surface area contributed by atoms with Crippen LogP contribution >= 0.6 is 0 Å². The van der Waals surface area contributed by atoms with E-state index in [0.29, 0.717) is 0 Å². The van der Waals surface area contributed by atoms with Gasteiger partial charge in [0.1, 0.15) is 40.2 Å². The van der Waals surface area contributed by atoms with Crippen molar-refractivity contribution in [2.45, 2.75) is 69.2 Å². The van der Waals surface area contributed by atoms with Crippen molar-refractivity contribution in [1.82, 2.24) is 0 Å². The summed E-state index contributed by atoms with van der Waals surface area (Å²) in [4.78, 5) is 10.9. The molecule has 58 heavy (non-hydrogen) atoms. The number of benzene rings is 3. The molecule has 0 fully saturated rings. The molecule has 0 amide bonds. The van der Waals surface area contributed by atoms with Crippen molar-refractivity contribution in [3.8, 4) is 0 Å². The molecule has 0 atom stereocenters. The first-order chi connectivity index (χ1) is 26.2. The SMILES string of the molecule is Cc1c(C)c(C)[c-](C)c1C.Cc1c(C)c(C)[c-](C)c1C.O=NO[B-](c1c(F)c(F)c(F)c(F)c1F)(c1c(F)c(F)c(F)c(F)c1F)c1c(F)c(F)c(F)c(F)c1F.[Co+3]. The van der Waals surface area contributed by atoms with Crippen molar-refractivity contribution in [2.24, 2.45) is 5.34 Å². The van der Waals surface area contributed by atoms with E-state index in [4.69, 9.17) is 0 Å². The van der Waals surface area contributed by atoms with Crippen LogP contribution in [0.4, 0.5) is 65.9 Å². The first-order valence-corrected chi connectivity index (χ1v) is 16.3. The Balaban J connectivity index is 0.000000447. The van der Waals surface area contributed by atoms with Gasteiger partial charge >= 0.3 is 16.8 Å². The summed E-state index contributed by atoms with van der Waals surface area (Å²) in [7, 11) is 0. The van der Waals surface area contributed by atoms with Crippen LogP contribution in [0.5, 0.6) is 0 Å². The molecule has 0 saturated carbocycles. The molecule has 316 valence electrons. The molecule has 0 aliphatic rings. The van der Waals surface area contributed by atoms with Gasteiger partial charge in [-0.1, -0.05) is 85.6 Å². The van der Waals surface area contributed by atoms with Crippen LogP contribution in [0.3, 0.4) is 0 Å². The third kappa shape index (κ3) is 7.76. The van der Waals surface area contributed by atoms with Gasteiger partial charge in [0.05, 0.1) is 0 Å². The van der Waals surface area contributed by atoms with Gasteiger partial charge in [0.15, 0.2) is 52.4 Å². The van der Waals surface area contributed by atoms with Crippen molar-refractivity contribution >= 4 is 22.7 Å². The molecule has 5 rings (SSSR count). The maximum Gasteiger partial charge on any atom is 3.00 e. The van der Waals surface area contributed by atoms with Gasteiger partial charge in [0.2, 0.25) is 0 Å². The number of halogens is 15. The number of nitrogens with zero attached hydrogens (tertiary/aromatic N) is 1. The molecular formula is C38H30BCoF15NO2. The third-order valence-electron chi connectivity index (χ3n) is 10.8. The molecule has 0 heterocycles. The van der Waals surface area contributed by atoms with Gasteiger partial charge in [0, 0.05) is 0 Å². The molecule has 3 nitrogen and oxygen atoms in total. The van der Waals surface area contributed by atoms with Crippen LogP contribution in [-0.4, -0.2) is 6.35 Å². The Morgan fingerprint density at radius 3 is 0.638 bits per heavy atom. The largest absolute Gasteiger partial charge is 3.00 e. The Kier molecular flexibility index (Phi) is 15.4. The van der Waals surface area contributed by atoms with E-state index < -0.39 is 110 Å². The van der Waals surface area contributed by atoms with Crippen LogP contribution in [0.1, 0.15) is 55.6 Å². The Morgan fingerprint density at radius 1 is 0.362 bits per heavy atom. The molecule has 0 aliphatic heterocycles. The van der Waals surface area contributed by atoms with E-state index in [0.717, 1.165) is 0 Å². The van der Waals surface area contributed by atoms with Crippen molar-refractivity contribution in [3.05, 3.63) is 148 Å². The molecular weight excluding hydrogens is 857 g/mol. The van der Waals surface area contributed by atoms with Crippen LogP contribution in [0, 0.1) is 161 Å². The van der Waals surface area contributed by atoms with Crippen molar-refractivity contribution in [3.63, 3.8) is 0 Å². The first-order valence-electron chi connectivity index (χ1n) is 16.3. The number of hydrogen-bond acceptors (Lipinski definition) is 3. The topological polar surface area (TPSA) is 38.7 Å². The standard InChI is InChI=1S/C18BF15NO2.2C10H15.Co/c20-4-1(5(21)11(27)16(32)10(4)26)19(37-35-36,2-6(22)12(28)17(33)13(29)7(2)23)3-8(24)14(30)18(34)15(31)9(3)25;2*1-6-7(2)9(4)10(5)8(6)3;/h;2*1-5H3;/q3*-1;+3. The van der Waals surface area contributed by atoms with Gasteiger partial charge in [-0.3, -0.25) is 0 Å². The van der Waals surface area contributed by atoms with E-state index in [1.54, 1.807) is 0 Å². The maximum atomic E-state index is 14.7. The minimum atomic E-state index is -6.39. The summed E-state index contributed by atoms with van der Waals surface area (Å²) in [6.07, 6.45) is -6.39. The molecule has 0 aliphatic carbocycles. The minimum Gasteiger partial charge on any atom is -0.571 e. The van der Waals surface area contributed by atoms with Crippen molar-refractivity contribution in [1.29, 1.82) is 0 Å². The van der Waals surface area contributed by atoms with E-state index >= 15 is 0 Å². The van der Waals surface area contributed by atoms with E-state index in [1.807, 2.05) is 0 Å². The van der Waals surface area contributed by atoms with E-state index in [9.17, 15) is 70.8 Å². The van der Waals surface area contributed by atoms with Gasteiger partial charge in [0.25, 0.3) is 6.35 Å². The zero-order valence-corrected chi connectivity index (χ0v) is 32.9. The predicted octanol–water partition coefficient (Wildman–Crippen LogP) is 10.3. The molecule has 0 bridgehead atoms. The van der Waals surface area contributed by atoms with Crippen LogP contribution in [0.25, 0.3) is 0 Å². The summed E-state index contributed by atoms with van der Waals surface area (Å²) in [5.41, 5.74) is 5.39. The third-order valence-corrected chi connectivity index (χ3v) is 10.8. The van der Waals surface area contributed by atoms with Gasteiger partial charge in [-0.25, -0.2) is 65.9 Å². The van der Waals surface area contributed by atoms with Crippen molar-refractivity contribution < 1.29 is 87.4 Å². The molecule has 5 aromatic carbocycles. The first kappa shape index (κ1) is 49.4. The quantitative estimate of drug-likeness (QED) is 0.0336. The summed E-state index contributed by atoms with van der Waals surface area (Å²) in [6, 6.07) is 0. The van der Waals surface area contributed by atoms with Gasteiger partial charge in [-0.2, -0.15) is 55.6 Å². The Morgan fingerprint density at radius 2 is 0.517 bits per heavy atom. The summed E-state index contributed by atoms with van der Waals surface area (Å²) < 4.78 is 216. The number of hydrogen-bond donors (Lipinski definition) is 0. The monoisotopic (exact) mass is 887 g/mol. The van der Waals surface area contributed by atoms with Crippen LogP contribution < -0.4 is 16.4 Å². The van der Waals surface area contributed by atoms with Crippen LogP contribution in [0.15, 0.2) is 5.34 Å². The minimum absolute atomic E-state index is 0. The van der Waals surface area contributed by atoms with Gasteiger partial charge in [-0.05, 0) is 0 Å². The van der Waals surface area contributed by atoms with Gasteiger partial charge in [-0.15, -0.1) is 4.91 Å². The van der Waals surface area contributed by atoms with Crippen LogP contribution in [0.2, 0.25) is 0 Å². The molecule has 0 unspecified atom stereocenters. The molecule has 0 saturated heterocycles. The summed E-state index contributed by atoms with van der Waals surface area (Å²) >= 11 is 0. The normalized spacial score (nSPS) is 11.1. The fourth-order valence-corrected chi connectivity index (χ4v) is 6.40. The Hall–Kier alpha value is -4.72. The average Bonchev–Trinajstić information content (AvgIpc) is 3.45. The van der Waals surface area contributed by atoms with Crippen molar-refractivity contribution in [2.75, 3.05) is 0 Å². The summed E-state index contributed by atoms with van der Waals surface area (Å²) in [5.74, 6) is -48.5. The van der Waals surface area contributed by atoms with E-state index in [1.165, 1.54) is 61.0 Å². The summed E-state index contributed by atoms with van der Waals surface area (Å²) in [6.45, 7) is 22.0. The second-order valence-electron chi connectivity index (χ2n) is 13.2. The van der Waals surface area contributed by atoms with E-state index in [-0.39, 0.29) is 16.8 Å². The molecule has 0 spiro atoms. The second-order valence-corrected chi connectivity index (χ2v) is 13.2. The van der Waals surface area contributed by atoms with Crippen LogP contribution in [-0.2, 0) is 21.5 Å². The number of rotatable bonds is 5. The second kappa shape index (κ2) is 18.0. The summed E-state index contributed by atoms with van der Waals surface area (Å²) in [5, 5.41) is 1.29. The molecule has 0 radical (unpaired) electrons. The average molecular weight is 887 g/mol. The predicted molar refractivity (Wildman–Crippen MR) is 182 cm³/mol. The zero-order valence-electron chi connectivity index (χ0n) is 31.8. The zero-order chi connectivity index (χ0) is 44.1. The molecule has 20 heteroatoms. The molecule has 0 aromatic heterocycles. The van der Waals surface area contributed by atoms with E-state index in [2.05, 4.69) is 74.0 Å². The Labute approximate surface area is 332 Å². The molecule has 0 N–H and O–H groups in total. The smallest absolute Gasteiger partial charge is 0.571 e. The Bertz CT molecular complexity index is 1970. The van der Waals surface area contributed by atoms with Gasteiger partial charge < -0.3 is 4.76 Å². The maximum absolute atomic E-state index is 14.7. The fraction of sp³-hybridized carbons (Fsp3) is 0.263. The molecule has 5 aromatic rings.